The van der Waals surface area contributed by atoms with Crippen LogP contribution in [0.5, 0.6) is 0 Å². The molecule has 0 saturated heterocycles. The molecule has 3 heteroatoms. The van der Waals surface area contributed by atoms with Crippen LogP contribution in [0.4, 0.5) is 17.1 Å². The van der Waals surface area contributed by atoms with Gasteiger partial charge in [0, 0.05) is 44.2 Å². The second-order valence-electron chi connectivity index (χ2n) is 13.4. The molecule has 9 rings (SSSR count). The summed E-state index contributed by atoms with van der Waals surface area (Å²) in [6.45, 7) is 11.9. The molecule has 0 unspecified atom stereocenters. The van der Waals surface area contributed by atoms with Crippen LogP contribution in [0, 0.1) is 0 Å². The van der Waals surface area contributed by atoms with Crippen molar-refractivity contribution in [2.24, 2.45) is 0 Å². The average Bonchev–Trinajstić information content (AvgIpc) is 3.29. The Morgan fingerprint density at radius 2 is 1.40 bits per heavy atom. The van der Waals surface area contributed by atoms with Crippen molar-refractivity contribution in [2.75, 3.05) is 4.90 Å². The third-order valence-corrected chi connectivity index (χ3v) is 9.89. The standard InChI is InChI=1S/C37H31BN2/c1-36(2,3)22-20-26-25-14-10-13-24-23-12-6-8-18-30(23)40(34(24)25)38-29-17-11-16-28-35(29)39(32(21-22)33(26)38)31-19-9-7-15-27(31)37(28,4)5/h6-21H,1-5H3. The highest BCUT2D eigenvalue weighted by molar-refractivity contribution is 6.90. The molecule has 0 bridgehead atoms. The van der Waals surface area contributed by atoms with E-state index >= 15 is 0 Å². The summed E-state index contributed by atoms with van der Waals surface area (Å²) < 4.78 is 2.66. The van der Waals surface area contributed by atoms with Gasteiger partial charge in [-0.25, -0.2) is 0 Å². The maximum atomic E-state index is 2.66. The molecular weight excluding hydrogens is 483 g/mol. The number of hydrogen-bond donors (Lipinski definition) is 0. The molecule has 4 heterocycles. The van der Waals surface area contributed by atoms with Gasteiger partial charge in [0.15, 0.2) is 0 Å². The van der Waals surface area contributed by atoms with Crippen LogP contribution in [0.25, 0.3) is 32.9 Å². The lowest BCUT2D eigenvalue weighted by atomic mass is 9.44. The Bertz CT molecular complexity index is 2090. The number of nitrogens with zero attached hydrogens (tertiary/aromatic N) is 2. The SMILES string of the molecule is CC(C)(C)c1cc2c3c(c1)N1c4ccccc4C(C)(C)c4cccc(c41)B3n1c3ccccc3c3cccc-2c31. The summed E-state index contributed by atoms with van der Waals surface area (Å²) in [5.74, 6) is 0. The summed E-state index contributed by atoms with van der Waals surface area (Å²) >= 11 is 0. The van der Waals surface area contributed by atoms with Crippen LogP contribution in [-0.2, 0) is 10.8 Å². The van der Waals surface area contributed by atoms with Gasteiger partial charge in [0.05, 0.1) is 5.69 Å². The number of anilines is 3. The van der Waals surface area contributed by atoms with E-state index in [1.165, 1.54) is 77.6 Å². The van der Waals surface area contributed by atoms with Crippen LogP contribution in [0.2, 0.25) is 0 Å². The molecule has 0 N–H and O–H groups in total. The Morgan fingerprint density at radius 1 is 0.675 bits per heavy atom. The zero-order valence-electron chi connectivity index (χ0n) is 23.7. The maximum absolute atomic E-state index is 2.66. The fourth-order valence-corrected chi connectivity index (χ4v) is 7.98. The van der Waals surface area contributed by atoms with E-state index in [2.05, 4.69) is 141 Å². The Kier molecular flexibility index (Phi) is 4.00. The molecule has 2 nitrogen and oxygen atoms in total. The molecule has 0 spiro atoms. The third kappa shape index (κ3) is 2.53. The molecule has 1 aromatic heterocycles. The van der Waals surface area contributed by atoms with Crippen LogP contribution < -0.4 is 15.8 Å². The molecule has 5 aromatic carbocycles. The van der Waals surface area contributed by atoms with Crippen LogP contribution in [0.1, 0.15) is 51.3 Å². The molecule has 0 atom stereocenters. The van der Waals surface area contributed by atoms with E-state index in [1.807, 2.05) is 0 Å². The molecular formula is C37H31BN2. The fourth-order valence-electron chi connectivity index (χ4n) is 7.98. The quantitative estimate of drug-likeness (QED) is 0.186. The lowest BCUT2D eigenvalue weighted by Gasteiger charge is -2.48. The number of rotatable bonds is 0. The number of fused-ring (bicyclic) bond motifs is 9. The van der Waals surface area contributed by atoms with E-state index in [1.54, 1.807) is 0 Å². The maximum Gasteiger partial charge on any atom is 0.333 e. The van der Waals surface area contributed by atoms with E-state index in [0.29, 0.717) is 0 Å². The molecule has 40 heavy (non-hydrogen) atoms. The van der Waals surface area contributed by atoms with Gasteiger partial charge in [-0.1, -0.05) is 113 Å². The monoisotopic (exact) mass is 514 g/mol. The van der Waals surface area contributed by atoms with E-state index < -0.39 is 0 Å². The van der Waals surface area contributed by atoms with Crippen LogP contribution in [0.3, 0.4) is 0 Å². The minimum Gasteiger partial charge on any atom is -0.375 e. The minimum absolute atomic E-state index is 0.0213. The van der Waals surface area contributed by atoms with Crippen molar-refractivity contribution < 1.29 is 0 Å². The molecule has 3 aliphatic heterocycles. The Labute approximate surface area is 236 Å². The van der Waals surface area contributed by atoms with Crippen molar-refractivity contribution in [3.63, 3.8) is 0 Å². The van der Waals surface area contributed by atoms with Crippen molar-refractivity contribution in [1.29, 1.82) is 0 Å². The first-order valence-electron chi connectivity index (χ1n) is 14.5. The van der Waals surface area contributed by atoms with Crippen molar-refractivity contribution in [2.45, 2.75) is 45.4 Å². The van der Waals surface area contributed by atoms with Crippen LogP contribution >= 0.6 is 0 Å². The number of benzene rings is 5. The van der Waals surface area contributed by atoms with Gasteiger partial charge < -0.3 is 9.38 Å². The topological polar surface area (TPSA) is 8.17 Å². The second-order valence-corrected chi connectivity index (χ2v) is 13.4. The first-order valence-corrected chi connectivity index (χ1v) is 14.5. The van der Waals surface area contributed by atoms with Gasteiger partial charge in [-0.15, -0.1) is 0 Å². The molecule has 0 fully saturated rings. The lowest BCUT2D eigenvalue weighted by molar-refractivity contribution is 0.590. The Morgan fingerprint density at radius 3 is 2.25 bits per heavy atom. The summed E-state index contributed by atoms with van der Waals surface area (Å²) in [6, 6.07) is 37.0. The van der Waals surface area contributed by atoms with Crippen molar-refractivity contribution in [1.82, 2.24) is 4.48 Å². The van der Waals surface area contributed by atoms with Crippen LogP contribution in [-0.4, -0.2) is 11.3 Å². The van der Waals surface area contributed by atoms with Crippen molar-refractivity contribution >= 4 is 56.6 Å². The van der Waals surface area contributed by atoms with E-state index in [0.717, 1.165) is 0 Å². The zero-order valence-corrected chi connectivity index (χ0v) is 23.7. The highest BCUT2D eigenvalue weighted by Crippen LogP contribution is 2.54. The smallest absolute Gasteiger partial charge is 0.333 e. The fraction of sp³-hybridized carbons (Fsp3) is 0.189. The average molecular weight is 514 g/mol. The summed E-state index contributed by atoms with van der Waals surface area (Å²) in [5.41, 5.74) is 16.3. The van der Waals surface area contributed by atoms with Gasteiger partial charge in [0.1, 0.15) is 0 Å². The van der Waals surface area contributed by atoms with Crippen LogP contribution in [0.15, 0.2) is 97.1 Å². The van der Waals surface area contributed by atoms with Gasteiger partial charge in [0.25, 0.3) is 0 Å². The van der Waals surface area contributed by atoms with E-state index in [-0.39, 0.29) is 17.7 Å². The first kappa shape index (κ1) is 22.6. The lowest BCUT2D eigenvalue weighted by Crippen LogP contribution is -2.58. The molecule has 0 amide bonds. The number of aromatic nitrogens is 1. The minimum atomic E-state index is -0.0962. The molecule has 192 valence electrons. The van der Waals surface area contributed by atoms with Crippen molar-refractivity contribution in [3.8, 4) is 11.1 Å². The summed E-state index contributed by atoms with van der Waals surface area (Å²) in [4.78, 5) is 2.60. The largest absolute Gasteiger partial charge is 0.375 e. The predicted octanol–water partition coefficient (Wildman–Crippen LogP) is 8.15. The number of para-hydroxylation sites is 4. The van der Waals surface area contributed by atoms with E-state index in [4.69, 9.17) is 0 Å². The molecule has 0 saturated carbocycles. The molecule has 3 aliphatic rings. The molecule has 6 aromatic rings. The molecule has 0 aliphatic carbocycles. The highest BCUT2D eigenvalue weighted by Gasteiger charge is 2.48. The molecule has 0 radical (unpaired) electrons. The predicted molar refractivity (Wildman–Crippen MR) is 171 cm³/mol. The van der Waals surface area contributed by atoms with Gasteiger partial charge in [-0.05, 0) is 56.8 Å². The number of hydrogen-bond acceptors (Lipinski definition) is 1. The summed E-state index contributed by atoms with van der Waals surface area (Å²) in [5, 5.41) is 2.68. The third-order valence-electron chi connectivity index (χ3n) is 9.89. The Hall–Kier alpha value is -4.24. The van der Waals surface area contributed by atoms with Gasteiger partial charge >= 0.3 is 6.85 Å². The second kappa shape index (κ2) is 7.09. The van der Waals surface area contributed by atoms with Gasteiger partial charge in [-0.3, -0.25) is 0 Å². The summed E-state index contributed by atoms with van der Waals surface area (Å²) in [6.07, 6.45) is 0. The van der Waals surface area contributed by atoms with Crippen molar-refractivity contribution in [3.05, 3.63) is 114 Å². The van der Waals surface area contributed by atoms with E-state index in [9.17, 15) is 0 Å². The van der Waals surface area contributed by atoms with Gasteiger partial charge in [-0.2, -0.15) is 0 Å². The normalized spacial score (nSPS) is 15.7. The summed E-state index contributed by atoms with van der Waals surface area (Å²) in [7, 11) is 0. The first-order chi connectivity index (χ1) is 19.3. The highest BCUT2D eigenvalue weighted by atomic mass is 15.2. The van der Waals surface area contributed by atoms with Gasteiger partial charge in [0.2, 0.25) is 0 Å². The Balaban J connectivity index is 1.53. The zero-order chi connectivity index (χ0) is 27.1.